The van der Waals surface area contributed by atoms with Crippen LogP contribution in [0, 0.1) is 19.8 Å². The molecule has 0 aliphatic rings. The number of anilines is 1. The van der Waals surface area contributed by atoms with Gasteiger partial charge in [-0.15, -0.1) is 0 Å². The van der Waals surface area contributed by atoms with Crippen LogP contribution in [0.1, 0.15) is 30.8 Å². The van der Waals surface area contributed by atoms with Crippen LogP contribution in [0.2, 0.25) is 0 Å². The number of nitrogens with one attached hydrogen (secondary N) is 3. The molecule has 0 bridgehead atoms. The maximum atomic E-state index is 12.3. The van der Waals surface area contributed by atoms with Gasteiger partial charge in [-0.3, -0.25) is 20.3 Å². The van der Waals surface area contributed by atoms with Crippen LogP contribution in [-0.4, -0.2) is 20.8 Å². The maximum Gasteiger partial charge on any atom is 0.243 e. The van der Waals surface area contributed by atoms with Crippen LogP contribution < -0.4 is 16.2 Å². The lowest BCUT2D eigenvalue weighted by Crippen LogP contribution is -2.46. The summed E-state index contributed by atoms with van der Waals surface area (Å²) in [4.78, 5) is 12.3. The van der Waals surface area contributed by atoms with E-state index in [0.29, 0.717) is 11.7 Å². The van der Waals surface area contributed by atoms with E-state index >= 15 is 0 Å². The summed E-state index contributed by atoms with van der Waals surface area (Å²) >= 11 is 8.76. The number of rotatable bonds is 5. The average molecular weight is 438 g/mol. The molecule has 0 spiro atoms. The zero-order chi connectivity index (χ0) is 19.3. The van der Waals surface area contributed by atoms with E-state index in [2.05, 4.69) is 44.1 Å². The summed E-state index contributed by atoms with van der Waals surface area (Å²) < 4.78 is 2.81. The first-order valence-corrected chi connectivity index (χ1v) is 9.67. The summed E-state index contributed by atoms with van der Waals surface area (Å²) in [5.41, 5.74) is 9.42. The molecule has 2 aromatic rings. The second kappa shape index (κ2) is 9.14. The van der Waals surface area contributed by atoms with E-state index < -0.39 is 0 Å². The van der Waals surface area contributed by atoms with E-state index in [-0.39, 0.29) is 11.8 Å². The van der Waals surface area contributed by atoms with Gasteiger partial charge in [-0.25, -0.2) is 0 Å². The standard InChI is InChI=1S/C18H24BrN5OS/c1-5-14-8-6-7-9-15(14)20-18(26)22-21-17(25)11(2)10-24-13(4)16(19)12(3)23-24/h6-9,11H,5,10H2,1-4H3,(H,21,25)(H2,20,22,26)/t11-/m1/s1. The minimum absolute atomic E-state index is 0.151. The predicted octanol–water partition coefficient (Wildman–Crippen LogP) is 3.48. The van der Waals surface area contributed by atoms with E-state index in [1.807, 2.05) is 49.7 Å². The number of benzene rings is 1. The molecule has 0 saturated carbocycles. The Kier molecular flexibility index (Phi) is 7.16. The fraction of sp³-hybridized carbons (Fsp3) is 0.389. The van der Waals surface area contributed by atoms with Crippen LogP contribution in [-0.2, 0) is 17.8 Å². The number of thiocarbonyl (C=S) groups is 1. The highest BCUT2D eigenvalue weighted by Gasteiger charge is 2.17. The molecule has 0 aliphatic carbocycles. The lowest BCUT2D eigenvalue weighted by atomic mass is 10.1. The molecule has 3 N–H and O–H groups in total. The maximum absolute atomic E-state index is 12.3. The Morgan fingerprint density at radius 2 is 2.00 bits per heavy atom. The van der Waals surface area contributed by atoms with Crippen molar-refractivity contribution in [3.8, 4) is 0 Å². The van der Waals surface area contributed by atoms with Crippen molar-refractivity contribution in [2.45, 2.75) is 40.7 Å². The fourth-order valence-corrected chi connectivity index (χ4v) is 2.99. The third kappa shape index (κ3) is 5.04. The van der Waals surface area contributed by atoms with Crippen molar-refractivity contribution in [1.29, 1.82) is 0 Å². The molecule has 1 aromatic heterocycles. The number of nitrogens with zero attached hydrogens (tertiary/aromatic N) is 2. The average Bonchev–Trinajstić information content (AvgIpc) is 2.86. The number of hydrazine groups is 1. The molecule has 0 saturated heterocycles. The van der Waals surface area contributed by atoms with Crippen LogP contribution in [0.25, 0.3) is 0 Å². The van der Waals surface area contributed by atoms with Crippen LogP contribution in [0.5, 0.6) is 0 Å². The number of hydrogen-bond acceptors (Lipinski definition) is 3. The van der Waals surface area contributed by atoms with Crippen LogP contribution in [0.15, 0.2) is 28.7 Å². The summed E-state index contributed by atoms with van der Waals surface area (Å²) in [5.74, 6) is -0.417. The lowest BCUT2D eigenvalue weighted by Gasteiger charge is -2.16. The molecule has 140 valence electrons. The first-order chi connectivity index (χ1) is 12.3. The van der Waals surface area contributed by atoms with Gasteiger partial charge in [0.15, 0.2) is 5.11 Å². The number of carbonyl (C=O) groups is 1. The number of halogens is 1. The molecular weight excluding hydrogens is 414 g/mol. The van der Waals surface area contributed by atoms with Crippen LogP contribution in [0.3, 0.4) is 0 Å². The quantitative estimate of drug-likeness (QED) is 0.493. The van der Waals surface area contributed by atoms with Crippen molar-refractivity contribution in [1.82, 2.24) is 20.6 Å². The number of para-hydroxylation sites is 1. The van der Waals surface area contributed by atoms with E-state index in [4.69, 9.17) is 12.2 Å². The van der Waals surface area contributed by atoms with Gasteiger partial charge >= 0.3 is 0 Å². The number of carbonyl (C=O) groups excluding carboxylic acids is 1. The zero-order valence-electron chi connectivity index (χ0n) is 15.4. The van der Waals surface area contributed by atoms with Gasteiger partial charge in [0.2, 0.25) is 5.91 Å². The van der Waals surface area contributed by atoms with Crippen molar-refractivity contribution in [2.24, 2.45) is 5.92 Å². The van der Waals surface area contributed by atoms with Gasteiger partial charge in [0, 0.05) is 11.4 Å². The van der Waals surface area contributed by atoms with Gasteiger partial charge in [0.05, 0.1) is 22.6 Å². The highest BCUT2D eigenvalue weighted by Crippen LogP contribution is 2.20. The summed E-state index contributed by atoms with van der Waals surface area (Å²) in [6.45, 7) is 8.32. The topological polar surface area (TPSA) is 71.0 Å². The zero-order valence-corrected chi connectivity index (χ0v) is 17.8. The van der Waals surface area contributed by atoms with E-state index in [9.17, 15) is 4.79 Å². The van der Waals surface area contributed by atoms with Crippen molar-refractivity contribution in [3.05, 3.63) is 45.7 Å². The Hall–Kier alpha value is -1.93. The molecule has 6 nitrogen and oxygen atoms in total. The van der Waals surface area contributed by atoms with Gasteiger partial charge in [-0.1, -0.05) is 32.0 Å². The Balaban J connectivity index is 1.87. The second-order valence-corrected chi connectivity index (χ2v) is 7.35. The molecule has 1 heterocycles. The number of hydrogen-bond donors (Lipinski definition) is 3. The molecule has 1 amide bonds. The smallest absolute Gasteiger partial charge is 0.243 e. The second-order valence-electron chi connectivity index (χ2n) is 6.15. The molecule has 2 rings (SSSR count). The summed E-state index contributed by atoms with van der Waals surface area (Å²) in [7, 11) is 0. The molecule has 26 heavy (non-hydrogen) atoms. The lowest BCUT2D eigenvalue weighted by molar-refractivity contribution is -0.125. The first-order valence-electron chi connectivity index (χ1n) is 8.47. The molecule has 0 aliphatic heterocycles. The molecule has 1 atom stereocenters. The summed E-state index contributed by atoms with van der Waals surface area (Å²) in [6.07, 6.45) is 0.896. The normalized spacial score (nSPS) is 11.7. The van der Waals surface area contributed by atoms with Gasteiger partial charge in [-0.05, 0) is 60.0 Å². The summed E-state index contributed by atoms with van der Waals surface area (Å²) in [6, 6.07) is 7.93. The van der Waals surface area contributed by atoms with Crippen molar-refractivity contribution >= 4 is 44.9 Å². The van der Waals surface area contributed by atoms with Gasteiger partial charge in [-0.2, -0.15) is 5.10 Å². The van der Waals surface area contributed by atoms with Crippen LogP contribution >= 0.6 is 28.1 Å². The van der Waals surface area contributed by atoms with Crippen molar-refractivity contribution < 1.29 is 4.79 Å². The van der Waals surface area contributed by atoms with Gasteiger partial charge in [0.25, 0.3) is 0 Å². The Morgan fingerprint density at radius 3 is 2.62 bits per heavy atom. The molecule has 0 unspecified atom stereocenters. The number of aryl methyl sites for hydroxylation is 2. The molecule has 0 radical (unpaired) electrons. The Bertz CT molecular complexity index is 805. The third-order valence-corrected chi connectivity index (χ3v) is 5.49. The minimum Gasteiger partial charge on any atom is -0.331 e. The molecular formula is C18H24BrN5OS. The van der Waals surface area contributed by atoms with Crippen LogP contribution in [0.4, 0.5) is 5.69 Å². The molecule has 1 aromatic carbocycles. The number of aromatic nitrogens is 2. The number of amides is 1. The van der Waals surface area contributed by atoms with Crippen molar-refractivity contribution in [3.63, 3.8) is 0 Å². The first kappa shape index (κ1) is 20.4. The van der Waals surface area contributed by atoms with E-state index in [1.54, 1.807) is 0 Å². The molecule has 0 fully saturated rings. The monoisotopic (exact) mass is 437 g/mol. The SMILES string of the molecule is CCc1ccccc1NC(=S)NNC(=O)[C@H](C)Cn1nc(C)c(Br)c1C. The molecule has 8 heteroatoms. The van der Waals surface area contributed by atoms with Gasteiger partial charge < -0.3 is 5.32 Å². The third-order valence-electron chi connectivity index (χ3n) is 4.13. The van der Waals surface area contributed by atoms with Gasteiger partial charge in [0.1, 0.15) is 0 Å². The Labute approximate surface area is 167 Å². The summed E-state index contributed by atoms with van der Waals surface area (Å²) in [5, 5.41) is 7.89. The Morgan fingerprint density at radius 1 is 1.31 bits per heavy atom. The minimum atomic E-state index is -0.266. The van der Waals surface area contributed by atoms with Crippen molar-refractivity contribution in [2.75, 3.05) is 5.32 Å². The van der Waals surface area contributed by atoms with E-state index in [0.717, 1.165) is 33.5 Å². The predicted molar refractivity (Wildman–Crippen MR) is 112 cm³/mol. The highest BCUT2D eigenvalue weighted by molar-refractivity contribution is 9.10. The highest BCUT2D eigenvalue weighted by atomic mass is 79.9. The largest absolute Gasteiger partial charge is 0.331 e. The van der Waals surface area contributed by atoms with E-state index in [1.165, 1.54) is 0 Å². The fourth-order valence-electron chi connectivity index (χ4n) is 2.54.